The van der Waals surface area contributed by atoms with Crippen LogP contribution in [-0.2, 0) is 9.53 Å². The summed E-state index contributed by atoms with van der Waals surface area (Å²) in [4.78, 5) is 13.8. The maximum Gasteiger partial charge on any atom is 0.325 e. The molecule has 4 nitrogen and oxygen atoms in total. The van der Waals surface area contributed by atoms with Gasteiger partial charge in [0.05, 0.1) is 7.11 Å². The standard InChI is InChI=1S/C14H30N2O2/c1-6-16(11-12(2)3)10-8-7-9-14(4,15)13(17)18-5/h12H,6-11,15H2,1-5H3. The van der Waals surface area contributed by atoms with Crippen molar-refractivity contribution in [1.82, 2.24) is 4.90 Å². The molecule has 4 heteroatoms. The Morgan fingerprint density at radius 1 is 1.39 bits per heavy atom. The van der Waals surface area contributed by atoms with Gasteiger partial charge >= 0.3 is 5.97 Å². The lowest BCUT2D eigenvalue weighted by atomic mass is 9.96. The monoisotopic (exact) mass is 258 g/mol. The number of unbranched alkanes of at least 4 members (excludes halogenated alkanes) is 1. The van der Waals surface area contributed by atoms with Gasteiger partial charge in [-0.05, 0) is 45.2 Å². The predicted molar refractivity (Wildman–Crippen MR) is 75.4 cm³/mol. The number of ether oxygens (including phenoxy) is 1. The third-order valence-electron chi connectivity index (χ3n) is 3.14. The van der Waals surface area contributed by atoms with Crippen molar-refractivity contribution in [2.75, 3.05) is 26.7 Å². The molecule has 0 saturated heterocycles. The van der Waals surface area contributed by atoms with Crippen molar-refractivity contribution in [2.45, 2.75) is 52.5 Å². The van der Waals surface area contributed by atoms with Crippen LogP contribution in [0.25, 0.3) is 0 Å². The predicted octanol–water partition coefficient (Wildman–Crippen LogP) is 2.02. The highest BCUT2D eigenvalue weighted by Crippen LogP contribution is 2.13. The van der Waals surface area contributed by atoms with Crippen LogP contribution in [0.15, 0.2) is 0 Å². The summed E-state index contributed by atoms with van der Waals surface area (Å²) in [6, 6.07) is 0. The Morgan fingerprint density at radius 3 is 2.44 bits per heavy atom. The van der Waals surface area contributed by atoms with Gasteiger partial charge in [-0.1, -0.05) is 20.8 Å². The second kappa shape index (κ2) is 8.48. The Kier molecular flexibility index (Phi) is 8.20. The zero-order chi connectivity index (χ0) is 14.2. The van der Waals surface area contributed by atoms with Gasteiger partial charge in [0.1, 0.15) is 5.54 Å². The fourth-order valence-electron chi connectivity index (χ4n) is 2.06. The summed E-state index contributed by atoms with van der Waals surface area (Å²) < 4.78 is 4.69. The van der Waals surface area contributed by atoms with Gasteiger partial charge in [-0.25, -0.2) is 0 Å². The third-order valence-corrected chi connectivity index (χ3v) is 3.14. The number of carbonyl (C=O) groups excluding carboxylic acids is 1. The molecule has 0 saturated carbocycles. The minimum absolute atomic E-state index is 0.322. The number of rotatable bonds is 9. The topological polar surface area (TPSA) is 55.6 Å². The minimum atomic E-state index is -0.843. The Hall–Kier alpha value is -0.610. The van der Waals surface area contributed by atoms with Gasteiger partial charge in [-0.15, -0.1) is 0 Å². The van der Waals surface area contributed by atoms with Crippen molar-refractivity contribution in [2.24, 2.45) is 11.7 Å². The van der Waals surface area contributed by atoms with Crippen molar-refractivity contribution >= 4 is 5.97 Å². The van der Waals surface area contributed by atoms with E-state index in [1.54, 1.807) is 6.92 Å². The Balaban J connectivity index is 3.87. The molecule has 108 valence electrons. The zero-order valence-electron chi connectivity index (χ0n) is 12.7. The summed E-state index contributed by atoms with van der Waals surface area (Å²) in [5, 5.41) is 0. The van der Waals surface area contributed by atoms with Crippen LogP contribution in [0.4, 0.5) is 0 Å². The molecule has 1 unspecified atom stereocenters. The van der Waals surface area contributed by atoms with Crippen LogP contribution in [0.3, 0.4) is 0 Å². The van der Waals surface area contributed by atoms with Crippen LogP contribution < -0.4 is 5.73 Å². The van der Waals surface area contributed by atoms with Crippen LogP contribution >= 0.6 is 0 Å². The van der Waals surface area contributed by atoms with E-state index in [4.69, 9.17) is 10.5 Å². The van der Waals surface area contributed by atoms with Crippen LogP contribution in [0.1, 0.15) is 47.0 Å². The summed E-state index contributed by atoms with van der Waals surface area (Å²) in [7, 11) is 1.38. The van der Waals surface area contributed by atoms with Crippen LogP contribution in [-0.4, -0.2) is 43.2 Å². The first-order valence-corrected chi connectivity index (χ1v) is 6.93. The van der Waals surface area contributed by atoms with Gasteiger partial charge in [0, 0.05) is 6.54 Å². The SMILES string of the molecule is CCN(CCCCC(C)(N)C(=O)OC)CC(C)C. The van der Waals surface area contributed by atoms with Crippen molar-refractivity contribution < 1.29 is 9.53 Å². The summed E-state index contributed by atoms with van der Waals surface area (Å²) in [5.41, 5.74) is 5.07. The molecule has 0 bridgehead atoms. The van der Waals surface area contributed by atoms with Gasteiger partial charge in [0.15, 0.2) is 0 Å². The molecule has 0 aromatic rings. The maximum absolute atomic E-state index is 11.4. The molecule has 0 aromatic carbocycles. The second-order valence-electron chi connectivity index (χ2n) is 5.65. The van der Waals surface area contributed by atoms with Crippen LogP contribution in [0.2, 0.25) is 0 Å². The van der Waals surface area contributed by atoms with Gasteiger partial charge in [-0.2, -0.15) is 0 Å². The first-order valence-electron chi connectivity index (χ1n) is 6.93. The van der Waals surface area contributed by atoms with E-state index in [1.165, 1.54) is 7.11 Å². The van der Waals surface area contributed by atoms with E-state index < -0.39 is 5.54 Å². The molecular weight excluding hydrogens is 228 g/mol. The highest BCUT2D eigenvalue weighted by molar-refractivity contribution is 5.79. The lowest BCUT2D eigenvalue weighted by Gasteiger charge is -2.24. The molecule has 0 amide bonds. The molecule has 0 aromatic heterocycles. The average molecular weight is 258 g/mol. The number of hydrogen-bond donors (Lipinski definition) is 1. The number of esters is 1. The van der Waals surface area contributed by atoms with E-state index in [1.807, 2.05) is 0 Å². The molecule has 0 aliphatic heterocycles. The zero-order valence-corrected chi connectivity index (χ0v) is 12.7. The fraction of sp³-hybridized carbons (Fsp3) is 0.929. The van der Waals surface area contributed by atoms with Crippen molar-refractivity contribution in [1.29, 1.82) is 0 Å². The number of nitrogens with zero attached hydrogens (tertiary/aromatic N) is 1. The Bertz CT molecular complexity index is 240. The van der Waals surface area contributed by atoms with E-state index in [0.29, 0.717) is 12.3 Å². The largest absolute Gasteiger partial charge is 0.468 e. The molecule has 18 heavy (non-hydrogen) atoms. The average Bonchev–Trinajstić information content (AvgIpc) is 2.31. The lowest BCUT2D eigenvalue weighted by molar-refractivity contribution is -0.146. The van der Waals surface area contributed by atoms with Gasteiger partial charge in [0.25, 0.3) is 0 Å². The fourth-order valence-corrected chi connectivity index (χ4v) is 2.06. The van der Waals surface area contributed by atoms with E-state index >= 15 is 0 Å². The summed E-state index contributed by atoms with van der Waals surface area (Å²) in [6.07, 6.45) is 2.71. The molecule has 1 atom stereocenters. The number of methoxy groups -OCH3 is 1. The molecule has 0 spiro atoms. The van der Waals surface area contributed by atoms with E-state index in [2.05, 4.69) is 25.7 Å². The molecule has 0 aliphatic rings. The maximum atomic E-state index is 11.4. The second-order valence-corrected chi connectivity index (χ2v) is 5.65. The number of hydrogen-bond acceptors (Lipinski definition) is 4. The molecule has 0 rings (SSSR count). The first-order chi connectivity index (χ1) is 8.33. The van der Waals surface area contributed by atoms with Crippen molar-refractivity contribution in [3.8, 4) is 0 Å². The Morgan fingerprint density at radius 2 is 2.00 bits per heavy atom. The molecule has 0 radical (unpaired) electrons. The molecule has 2 N–H and O–H groups in total. The molecular formula is C14H30N2O2. The quantitative estimate of drug-likeness (QED) is 0.508. The number of carbonyl (C=O) groups is 1. The summed E-state index contributed by atoms with van der Waals surface area (Å²) in [6.45, 7) is 11.7. The van der Waals surface area contributed by atoms with E-state index in [9.17, 15) is 4.79 Å². The van der Waals surface area contributed by atoms with E-state index in [-0.39, 0.29) is 5.97 Å². The smallest absolute Gasteiger partial charge is 0.325 e. The van der Waals surface area contributed by atoms with Crippen molar-refractivity contribution in [3.05, 3.63) is 0 Å². The third kappa shape index (κ3) is 6.97. The van der Waals surface area contributed by atoms with Crippen molar-refractivity contribution in [3.63, 3.8) is 0 Å². The first kappa shape index (κ1) is 17.4. The number of nitrogens with two attached hydrogens (primary N) is 1. The summed E-state index contributed by atoms with van der Waals surface area (Å²) >= 11 is 0. The molecule has 0 heterocycles. The van der Waals surface area contributed by atoms with Gasteiger partial charge in [-0.3, -0.25) is 4.79 Å². The normalized spacial score (nSPS) is 14.9. The molecule has 0 fully saturated rings. The lowest BCUT2D eigenvalue weighted by Crippen LogP contribution is -2.45. The summed E-state index contributed by atoms with van der Waals surface area (Å²) in [5.74, 6) is 0.372. The van der Waals surface area contributed by atoms with Crippen LogP contribution in [0.5, 0.6) is 0 Å². The van der Waals surface area contributed by atoms with E-state index in [0.717, 1.165) is 32.5 Å². The van der Waals surface area contributed by atoms with Gasteiger partial charge < -0.3 is 15.4 Å². The minimum Gasteiger partial charge on any atom is -0.468 e. The van der Waals surface area contributed by atoms with Crippen LogP contribution in [0, 0.1) is 5.92 Å². The van der Waals surface area contributed by atoms with Gasteiger partial charge in [0.2, 0.25) is 0 Å². The molecule has 0 aliphatic carbocycles. The highest BCUT2D eigenvalue weighted by Gasteiger charge is 2.28. The highest BCUT2D eigenvalue weighted by atomic mass is 16.5. The Labute approximate surface area is 112 Å².